The highest BCUT2D eigenvalue weighted by atomic mass is 32.2. The molecule has 0 saturated heterocycles. The van der Waals surface area contributed by atoms with Gasteiger partial charge in [0.2, 0.25) is 5.91 Å². The molecule has 1 aromatic carbocycles. The van der Waals surface area contributed by atoms with Crippen molar-refractivity contribution in [2.75, 3.05) is 18.6 Å². The Morgan fingerprint density at radius 3 is 2.65 bits per heavy atom. The van der Waals surface area contributed by atoms with Crippen LogP contribution in [-0.2, 0) is 20.0 Å². The van der Waals surface area contributed by atoms with Gasteiger partial charge in [0, 0.05) is 35.7 Å². The smallest absolute Gasteiger partial charge is 0.226 e. The van der Waals surface area contributed by atoms with E-state index in [1.807, 2.05) is 25.1 Å². The number of fused-ring (bicyclic) bond motifs is 2. The van der Waals surface area contributed by atoms with Crippen LogP contribution in [0, 0.1) is 5.92 Å². The highest BCUT2D eigenvalue weighted by Crippen LogP contribution is 2.63. The third kappa shape index (κ3) is 3.36. The summed E-state index contributed by atoms with van der Waals surface area (Å²) in [5, 5.41) is 0. The maximum Gasteiger partial charge on any atom is 0.226 e. The molecule has 3 atom stereocenters. The molecule has 1 fully saturated rings. The van der Waals surface area contributed by atoms with E-state index in [1.165, 1.54) is 0 Å². The fourth-order valence-corrected chi connectivity index (χ4v) is 5.53. The minimum absolute atomic E-state index is 0.0106. The van der Waals surface area contributed by atoms with E-state index in [0.717, 1.165) is 24.2 Å². The summed E-state index contributed by atoms with van der Waals surface area (Å²) < 4.78 is 29.9. The number of ether oxygens (including phenoxy) is 1. The Balaban J connectivity index is 1.82. The molecule has 1 aliphatic heterocycles. The maximum absolute atomic E-state index is 13.1. The molecule has 1 saturated carbocycles. The lowest BCUT2D eigenvalue weighted by atomic mass is 9.79. The molecule has 1 unspecified atom stereocenters. The fraction of sp³-hybridized carbons (Fsp3) is 0.650. The van der Waals surface area contributed by atoms with Crippen LogP contribution in [0.1, 0.15) is 46.1 Å². The molecular formula is C20H29NO4S. The van der Waals surface area contributed by atoms with Crippen LogP contribution in [0.4, 0.5) is 0 Å². The summed E-state index contributed by atoms with van der Waals surface area (Å²) >= 11 is 0. The van der Waals surface area contributed by atoms with Crippen molar-refractivity contribution in [3.63, 3.8) is 0 Å². The van der Waals surface area contributed by atoms with Crippen molar-refractivity contribution in [3.8, 4) is 5.75 Å². The molecule has 1 spiro atoms. The highest BCUT2D eigenvalue weighted by molar-refractivity contribution is 7.91. The van der Waals surface area contributed by atoms with Crippen LogP contribution in [-0.4, -0.2) is 49.4 Å². The molecule has 0 bridgehead atoms. The van der Waals surface area contributed by atoms with Gasteiger partial charge in [0.25, 0.3) is 0 Å². The van der Waals surface area contributed by atoms with Crippen molar-refractivity contribution in [1.29, 1.82) is 0 Å². The SMILES string of the molecule is CCS(=O)(=O)CC(C)N(C)C(=O)[C@H]1C[C@@]12CC(C)(C)Oc1ccccc12. The minimum Gasteiger partial charge on any atom is -0.488 e. The average molecular weight is 380 g/mol. The number of benzene rings is 1. The molecule has 1 aromatic rings. The van der Waals surface area contributed by atoms with Crippen molar-refractivity contribution in [2.45, 2.75) is 57.6 Å². The van der Waals surface area contributed by atoms with Crippen LogP contribution in [0.3, 0.4) is 0 Å². The summed E-state index contributed by atoms with van der Waals surface area (Å²) in [4.78, 5) is 14.7. The summed E-state index contributed by atoms with van der Waals surface area (Å²) in [5.74, 6) is 0.908. The quantitative estimate of drug-likeness (QED) is 0.789. The summed E-state index contributed by atoms with van der Waals surface area (Å²) in [5.41, 5.74) is 0.603. The van der Waals surface area contributed by atoms with Crippen LogP contribution in [0.5, 0.6) is 5.75 Å². The van der Waals surface area contributed by atoms with Crippen molar-refractivity contribution in [3.05, 3.63) is 29.8 Å². The first kappa shape index (κ1) is 19.2. The van der Waals surface area contributed by atoms with E-state index in [0.29, 0.717) is 0 Å². The lowest BCUT2D eigenvalue weighted by molar-refractivity contribution is -0.133. The molecule has 5 nitrogen and oxygen atoms in total. The lowest BCUT2D eigenvalue weighted by Gasteiger charge is -2.39. The van der Waals surface area contributed by atoms with Gasteiger partial charge in [-0.2, -0.15) is 0 Å². The molecule has 26 heavy (non-hydrogen) atoms. The first-order chi connectivity index (χ1) is 12.0. The van der Waals surface area contributed by atoms with E-state index in [-0.39, 0.29) is 40.4 Å². The number of nitrogens with zero attached hydrogens (tertiary/aromatic N) is 1. The predicted octanol–water partition coefficient (Wildman–Crippen LogP) is 2.79. The molecule has 1 amide bonds. The van der Waals surface area contributed by atoms with Gasteiger partial charge in [-0.1, -0.05) is 25.1 Å². The molecule has 1 heterocycles. The number of hydrogen-bond acceptors (Lipinski definition) is 4. The highest BCUT2D eigenvalue weighted by Gasteiger charge is 2.64. The Morgan fingerprint density at radius 1 is 1.35 bits per heavy atom. The normalized spacial score (nSPS) is 27.3. The summed E-state index contributed by atoms with van der Waals surface area (Å²) in [6.45, 7) is 7.57. The van der Waals surface area contributed by atoms with Gasteiger partial charge in [0.15, 0.2) is 9.84 Å². The number of carbonyl (C=O) groups excluding carboxylic acids is 1. The second kappa shape index (κ2) is 6.25. The Morgan fingerprint density at radius 2 is 2.00 bits per heavy atom. The lowest BCUT2D eigenvalue weighted by Crippen LogP contribution is -2.44. The summed E-state index contributed by atoms with van der Waals surface area (Å²) in [6, 6.07) is 7.65. The van der Waals surface area contributed by atoms with E-state index in [4.69, 9.17) is 4.74 Å². The standard InChI is InChI=1S/C20H29NO4S/c1-6-26(23,24)12-14(2)21(5)18(22)16-11-20(16)13-19(3,4)25-17-10-8-7-9-15(17)20/h7-10,14,16H,6,11-13H2,1-5H3/t14?,16-,20+/m1/s1. The minimum atomic E-state index is -3.12. The van der Waals surface area contributed by atoms with Gasteiger partial charge in [0.05, 0.1) is 5.75 Å². The second-order valence-electron chi connectivity index (χ2n) is 8.44. The Kier molecular flexibility index (Phi) is 4.62. The maximum atomic E-state index is 13.1. The third-order valence-electron chi connectivity index (χ3n) is 5.87. The Labute approximate surface area is 156 Å². The number of hydrogen-bond donors (Lipinski definition) is 0. The Bertz CT molecular complexity index is 817. The summed E-state index contributed by atoms with van der Waals surface area (Å²) in [6.07, 6.45) is 1.59. The molecule has 0 N–H and O–H groups in total. The number of para-hydroxylation sites is 1. The summed E-state index contributed by atoms with van der Waals surface area (Å²) in [7, 11) is -1.39. The number of rotatable bonds is 5. The molecule has 0 aromatic heterocycles. The zero-order valence-electron chi connectivity index (χ0n) is 16.3. The van der Waals surface area contributed by atoms with Crippen molar-refractivity contribution in [1.82, 2.24) is 4.90 Å². The fourth-order valence-electron chi connectivity index (χ4n) is 4.34. The number of amides is 1. The molecule has 1 aliphatic carbocycles. The number of sulfone groups is 1. The predicted molar refractivity (Wildman–Crippen MR) is 102 cm³/mol. The number of carbonyl (C=O) groups is 1. The molecule has 6 heteroatoms. The van der Waals surface area contributed by atoms with Gasteiger partial charge < -0.3 is 9.64 Å². The second-order valence-corrected chi connectivity index (χ2v) is 10.8. The van der Waals surface area contributed by atoms with Gasteiger partial charge in [0.1, 0.15) is 11.4 Å². The van der Waals surface area contributed by atoms with E-state index in [2.05, 4.69) is 19.9 Å². The molecule has 2 aliphatic rings. The van der Waals surface area contributed by atoms with Crippen LogP contribution in [0.15, 0.2) is 24.3 Å². The molecular weight excluding hydrogens is 350 g/mol. The molecule has 144 valence electrons. The van der Waals surface area contributed by atoms with Gasteiger partial charge in [-0.15, -0.1) is 0 Å². The van der Waals surface area contributed by atoms with E-state index >= 15 is 0 Å². The topological polar surface area (TPSA) is 63.7 Å². The monoisotopic (exact) mass is 379 g/mol. The van der Waals surface area contributed by atoms with E-state index < -0.39 is 9.84 Å². The van der Waals surface area contributed by atoms with Crippen molar-refractivity contribution >= 4 is 15.7 Å². The van der Waals surface area contributed by atoms with Crippen LogP contribution in [0.2, 0.25) is 0 Å². The zero-order valence-corrected chi connectivity index (χ0v) is 17.1. The van der Waals surface area contributed by atoms with Crippen molar-refractivity contribution in [2.24, 2.45) is 5.92 Å². The average Bonchev–Trinajstić information content (AvgIpc) is 3.26. The molecule has 0 radical (unpaired) electrons. The van der Waals surface area contributed by atoms with Crippen LogP contribution >= 0.6 is 0 Å². The van der Waals surface area contributed by atoms with Gasteiger partial charge >= 0.3 is 0 Å². The van der Waals surface area contributed by atoms with Crippen molar-refractivity contribution < 1.29 is 17.9 Å². The molecule has 3 rings (SSSR count). The largest absolute Gasteiger partial charge is 0.488 e. The van der Waals surface area contributed by atoms with Gasteiger partial charge in [-0.05, 0) is 39.7 Å². The third-order valence-corrected chi connectivity index (χ3v) is 7.74. The van der Waals surface area contributed by atoms with Crippen LogP contribution in [0.25, 0.3) is 0 Å². The van der Waals surface area contributed by atoms with Crippen LogP contribution < -0.4 is 4.74 Å². The zero-order chi connectivity index (χ0) is 19.3. The van der Waals surface area contributed by atoms with Gasteiger partial charge in [-0.25, -0.2) is 8.42 Å². The van der Waals surface area contributed by atoms with E-state index in [1.54, 1.807) is 18.9 Å². The first-order valence-electron chi connectivity index (χ1n) is 9.27. The van der Waals surface area contributed by atoms with E-state index in [9.17, 15) is 13.2 Å². The van der Waals surface area contributed by atoms with Gasteiger partial charge in [-0.3, -0.25) is 4.79 Å². The first-order valence-corrected chi connectivity index (χ1v) is 11.1. The Hall–Kier alpha value is -1.56.